The Morgan fingerprint density at radius 1 is 1.39 bits per heavy atom. The monoisotopic (exact) mass is 316 g/mol. The molecule has 1 atom stereocenters. The molecule has 126 valence electrons. The minimum Gasteiger partial charge on any atom is -0.352 e. The molecule has 0 bridgehead atoms. The van der Waals surface area contributed by atoms with E-state index in [0.717, 1.165) is 32.0 Å². The Hall–Kier alpha value is -2.04. The van der Waals surface area contributed by atoms with Gasteiger partial charge in [-0.05, 0) is 24.5 Å². The van der Waals surface area contributed by atoms with Gasteiger partial charge in [-0.3, -0.25) is 9.79 Å². The van der Waals surface area contributed by atoms with Crippen molar-refractivity contribution in [3.8, 4) is 0 Å². The molecule has 1 aliphatic heterocycles. The number of amides is 1. The number of carbonyl (C=O) groups is 1. The molecule has 2 rings (SSSR count). The van der Waals surface area contributed by atoms with E-state index in [1.807, 2.05) is 30.9 Å². The van der Waals surface area contributed by atoms with Crippen LogP contribution in [0.1, 0.15) is 31.4 Å². The van der Waals surface area contributed by atoms with Crippen LogP contribution in [0, 0.1) is 12.8 Å². The highest BCUT2D eigenvalue weighted by atomic mass is 16.2. The van der Waals surface area contributed by atoms with Crippen molar-refractivity contribution in [3.63, 3.8) is 0 Å². The number of aryl methyl sites for hydroxylation is 1. The largest absolute Gasteiger partial charge is 0.352 e. The van der Waals surface area contributed by atoms with Crippen LogP contribution >= 0.6 is 0 Å². The van der Waals surface area contributed by atoms with Crippen molar-refractivity contribution in [2.75, 3.05) is 20.1 Å². The molecule has 1 unspecified atom stereocenters. The number of benzene rings is 1. The zero-order valence-electron chi connectivity index (χ0n) is 14.6. The summed E-state index contributed by atoms with van der Waals surface area (Å²) in [5.41, 5.74) is 2.53. The van der Waals surface area contributed by atoms with E-state index in [-0.39, 0.29) is 17.9 Å². The molecular weight excluding hydrogens is 288 g/mol. The van der Waals surface area contributed by atoms with E-state index >= 15 is 0 Å². The molecule has 1 fully saturated rings. The maximum Gasteiger partial charge on any atom is 0.225 e. The van der Waals surface area contributed by atoms with Gasteiger partial charge in [-0.15, -0.1) is 0 Å². The summed E-state index contributed by atoms with van der Waals surface area (Å²) in [4.78, 5) is 18.3. The van der Waals surface area contributed by atoms with Crippen molar-refractivity contribution >= 4 is 11.9 Å². The van der Waals surface area contributed by atoms with E-state index in [9.17, 15) is 4.79 Å². The summed E-state index contributed by atoms with van der Waals surface area (Å²) < 4.78 is 0. The molecule has 5 nitrogen and oxygen atoms in total. The summed E-state index contributed by atoms with van der Waals surface area (Å²) in [6.07, 6.45) is 0.962. The highest BCUT2D eigenvalue weighted by Crippen LogP contribution is 2.13. The highest BCUT2D eigenvalue weighted by molar-refractivity contribution is 5.81. The maximum atomic E-state index is 12.0. The molecular formula is C18H28N4O. The molecule has 1 amide bonds. The topological polar surface area (TPSA) is 56.7 Å². The van der Waals surface area contributed by atoms with E-state index in [1.165, 1.54) is 11.1 Å². The number of rotatable bonds is 4. The number of guanidine groups is 1. The minimum atomic E-state index is 0.0623. The third-order valence-corrected chi connectivity index (χ3v) is 4.27. The third-order valence-electron chi connectivity index (χ3n) is 4.27. The molecule has 0 spiro atoms. The van der Waals surface area contributed by atoms with Crippen LogP contribution in [0.3, 0.4) is 0 Å². The Morgan fingerprint density at radius 2 is 2.13 bits per heavy atom. The molecule has 0 radical (unpaired) electrons. The summed E-state index contributed by atoms with van der Waals surface area (Å²) in [5.74, 6) is 1.08. The molecule has 1 saturated heterocycles. The first-order valence-electron chi connectivity index (χ1n) is 8.31. The fraction of sp³-hybridized carbons (Fsp3) is 0.556. The molecule has 2 N–H and O–H groups in total. The summed E-state index contributed by atoms with van der Waals surface area (Å²) in [6.45, 7) is 8.33. The molecule has 1 aliphatic rings. The quantitative estimate of drug-likeness (QED) is 0.659. The number of carbonyl (C=O) groups excluding carboxylic acids is 1. The predicted octanol–water partition coefficient (Wildman–Crippen LogP) is 1.92. The van der Waals surface area contributed by atoms with Gasteiger partial charge in [0.05, 0.1) is 0 Å². The van der Waals surface area contributed by atoms with Crippen molar-refractivity contribution in [1.82, 2.24) is 15.5 Å². The highest BCUT2D eigenvalue weighted by Gasteiger charge is 2.27. The number of nitrogens with zero attached hydrogens (tertiary/aromatic N) is 2. The SMILES string of the molecule is CN=C(NCc1ccccc1C)NC1CCN(C(=O)C(C)C)C1. The number of aliphatic imine (C=N–C) groups is 1. The standard InChI is InChI=1S/C18H28N4O/c1-13(2)17(23)22-10-9-16(12-22)21-18(19-4)20-11-15-8-6-5-7-14(15)3/h5-8,13,16H,9-12H2,1-4H3,(H2,19,20,21). The minimum absolute atomic E-state index is 0.0623. The van der Waals surface area contributed by atoms with E-state index in [1.54, 1.807) is 7.05 Å². The van der Waals surface area contributed by atoms with Gasteiger partial charge in [0.15, 0.2) is 5.96 Å². The molecule has 5 heteroatoms. The van der Waals surface area contributed by atoms with Crippen molar-refractivity contribution in [2.45, 2.75) is 39.8 Å². The van der Waals surface area contributed by atoms with Crippen LogP contribution in [-0.4, -0.2) is 42.9 Å². The Labute approximate surface area is 139 Å². The molecule has 0 aromatic heterocycles. The van der Waals surface area contributed by atoms with Crippen molar-refractivity contribution in [3.05, 3.63) is 35.4 Å². The zero-order chi connectivity index (χ0) is 16.8. The lowest BCUT2D eigenvalue weighted by atomic mass is 10.1. The molecule has 23 heavy (non-hydrogen) atoms. The Morgan fingerprint density at radius 3 is 2.78 bits per heavy atom. The maximum absolute atomic E-state index is 12.0. The fourth-order valence-electron chi connectivity index (χ4n) is 2.82. The van der Waals surface area contributed by atoms with Crippen molar-refractivity contribution in [1.29, 1.82) is 0 Å². The summed E-state index contributed by atoms with van der Waals surface area (Å²) >= 11 is 0. The Bertz CT molecular complexity index is 568. The van der Waals surface area contributed by atoms with Gasteiger partial charge in [0.25, 0.3) is 0 Å². The molecule has 0 aliphatic carbocycles. The molecule has 0 saturated carbocycles. The van der Waals surface area contributed by atoms with Crippen molar-refractivity contribution < 1.29 is 4.79 Å². The van der Waals surface area contributed by atoms with Gasteiger partial charge in [0.2, 0.25) is 5.91 Å². The van der Waals surface area contributed by atoms with Gasteiger partial charge >= 0.3 is 0 Å². The van der Waals surface area contributed by atoms with Gasteiger partial charge in [-0.2, -0.15) is 0 Å². The predicted molar refractivity (Wildman–Crippen MR) is 94.3 cm³/mol. The van der Waals surface area contributed by atoms with Crippen molar-refractivity contribution in [2.24, 2.45) is 10.9 Å². The number of nitrogens with one attached hydrogen (secondary N) is 2. The van der Waals surface area contributed by atoms with Crippen LogP contribution in [0.2, 0.25) is 0 Å². The van der Waals surface area contributed by atoms with Gasteiger partial charge < -0.3 is 15.5 Å². The second-order valence-electron chi connectivity index (χ2n) is 6.42. The zero-order valence-corrected chi connectivity index (χ0v) is 14.6. The molecule has 1 aromatic rings. The summed E-state index contributed by atoms with van der Waals surface area (Å²) in [7, 11) is 1.78. The first kappa shape index (κ1) is 17.3. The first-order valence-corrected chi connectivity index (χ1v) is 8.31. The Balaban J connectivity index is 1.84. The Kier molecular flexibility index (Phi) is 6.02. The van der Waals surface area contributed by atoms with E-state index in [4.69, 9.17) is 0 Å². The lowest BCUT2D eigenvalue weighted by Crippen LogP contribution is -2.45. The van der Waals surface area contributed by atoms with Crippen LogP contribution in [0.4, 0.5) is 0 Å². The van der Waals surface area contributed by atoms with Gasteiger partial charge in [-0.1, -0.05) is 38.1 Å². The van der Waals surface area contributed by atoms with E-state index in [0.29, 0.717) is 0 Å². The van der Waals surface area contributed by atoms with Crippen LogP contribution < -0.4 is 10.6 Å². The molecule has 1 heterocycles. The number of hydrogen-bond acceptors (Lipinski definition) is 2. The third kappa shape index (κ3) is 4.71. The van der Waals surface area contributed by atoms with Crippen LogP contribution in [0.5, 0.6) is 0 Å². The van der Waals surface area contributed by atoms with Gasteiger partial charge in [0, 0.05) is 38.6 Å². The molecule has 1 aromatic carbocycles. The first-order chi connectivity index (χ1) is 11.0. The normalized spacial score (nSPS) is 18.4. The second-order valence-corrected chi connectivity index (χ2v) is 6.42. The lowest BCUT2D eigenvalue weighted by molar-refractivity contribution is -0.133. The second kappa shape index (κ2) is 7.99. The number of hydrogen-bond donors (Lipinski definition) is 2. The fourth-order valence-corrected chi connectivity index (χ4v) is 2.82. The van der Waals surface area contributed by atoms with E-state index in [2.05, 4.69) is 34.7 Å². The number of likely N-dealkylation sites (tertiary alicyclic amines) is 1. The van der Waals surface area contributed by atoms with Crippen LogP contribution in [0.15, 0.2) is 29.3 Å². The van der Waals surface area contributed by atoms with Gasteiger partial charge in [0.1, 0.15) is 0 Å². The van der Waals surface area contributed by atoms with Crippen LogP contribution in [-0.2, 0) is 11.3 Å². The van der Waals surface area contributed by atoms with Gasteiger partial charge in [-0.25, -0.2) is 0 Å². The smallest absolute Gasteiger partial charge is 0.225 e. The summed E-state index contributed by atoms with van der Waals surface area (Å²) in [6, 6.07) is 8.59. The average Bonchev–Trinajstić information content (AvgIpc) is 3.00. The average molecular weight is 316 g/mol. The van der Waals surface area contributed by atoms with E-state index < -0.39 is 0 Å². The van der Waals surface area contributed by atoms with Crippen LogP contribution in [0.25, 0.3) is 0 Å². The lowest BCUT2D eigenvalue weighted by Gasteiger charge is -2.20. The summed E-state index contributed by atoms with van der Waals surface area (Å²) in [5, 5.41) is 6.78.